The lowest BCUT2D eigenvalue weighted by Gasteiger charge is -2.38. The molecule has 0 radical (unpaired) electrons. The number of anilines is 2. The summed E-state index contributed by atoms with van der Waals surface area (Å²) >= 11 is 6.71. The molecule has 40 heavy (non-hydrogen) atoms. The molecule has 0 amide bonds. The van der Waals surface area contributed by atoms with Gasteiger partial charge < -0.3 is 19.9 Å². The third kappa shape index (κ3) is 4.22. The lowest BCUT2D eigenvalue weighted by molar-refractivity contribution is 0.107. The second-order valence-electron chi connectivity index (χ2n) is 12.4. The summed E-state index contributed by atoms with van der Waals surface area (Å²) in [5.74, 6) is 1.03. The molecule has 210 valence electrons. The summed E-state index contributed by atoms with van der Waals surface area (Å²) in [7, 11) is 0. The van der Waals surface area contributed by atoms with E-state index in [2.05, 4.69) is 44.3 Å². The molecule has 5 aliphatic rings. The zero-order valence-electron chi connectivity index (χ0n) is 22.8. The van der Waals surface area contributed by atoms with Crippen LogP contribution in [0.5, 0.6) is 6.01 Å². The Morgan fingerprint density at radius 2 is 1.85 bits per heavy atom. The largest absolute Gasteiger partial charge is 0.461 e. The molecule has 0 saturated carbocycles. The standard InChI is InChI=1S/C31H36ClFN6O/c32-25-6-1-4-20-5-2-7-27(28(20)25)37-13-10-24-26(18-37)35-30(36-29(24)38-16-22-8-9-23(17-38)34-22)40-19-31-11-3-12-39(31)15-21(33)14-31/h1-2,4-7,21-23,34H,3,8-19H2/t21-,22?,23?,31+/m0/s1. The van der Waals surface area contributed by atoms with Crippen molar-refractivity contribution in [1.29, 1.82) is 0 Å². The first kappa shape index (κ1) is 25.1. The number of rotatable bonds is 5. The van der Waals surface area contributed by atoms with Crippen LogP contribution in [-0.4, -0.2) is 78.0 Å². The summed E-state index contributed by atoms with van der Waals surface area (Å²) in [5.41, 5.74) is 3.18. The summed E-state index contributed by atoms with van der Waals surface area (Å²) in [5, 5.41) is 6.74. The molecule has 7 nitrogen and oxygen atoms in total. The smallest absolute Gasteiger partial charge is 0.318 e. The molecule has 8 rings (SSSR count). The van der Waals surface area contributed by atoms with Gasteiger partial charge in [-0.15, -0.1) is 0 Å². The number of piperazine rings is 1. The Morgan fingerprint density at radius 1 is 1.02 bits per heavy atom. The Morgan fingerprint density at radius 3 is 2.70 bits per heavy atom. The Balaban J connectivity index is 1.14. The number of alkyl halides is 1. The average Bonchev–Trinajstić information content (AvgIpc) is 3.61. The highest BCUT2D eigenvalue weighted by Gasteiger charge is 2.49. The van der Waals surface area contributed by atoms with Crippen molar-refractivity contribution < 1.29 is 9.13 Å². The maximum atomic E-state index is 14.4. The lowest BCUT2D eigenvalue weighted by atomic mass is 9.95. The van der Waals surface area contributed by atoms with Crippen LogP contribution in [0.1, 0.15) is 43.4 Å². The summed E-state index contributed by atoms with van der Waals surface area (Å²) < 4.78 is 20.8. The zero-order chi connectivity index (χ0) is 26.8. The van der Waals surface area contributed by atoms with Crippen LogP contribution in [-0.2, 0) is 13.0 Å². The van der Waals surface area contributed by atoms with Crippen LogP contribution in [0.3, 0.4) is 0 Å². The Labute approximate surface area is 239 Å². The molecule has 5 aliphatic heterocycles. The third-order valence-corrected chi connectivity index (χ3v) is 10.3. The van der Waals surface area contributed by atoms with Gasteiger partial charge in [0.1, 0.15) is 18.6 Å². The van der Waals surface area contributed by atoms with Gasteiger partial charge in [-0.05, 0) is 56.2 Å². The molecule has 4 atom stereocenters. The van der Waals surface area contributed by atoms with E-state index in [1.807, 2.05) is 12.1 Å². The van der Waals surface area contributed by atoms with Gasteiger partial charge in [0.05, 0.1) is 22.8 Å². The molecule has 3 aromatic rings. The number of aromatic nitrogens is 2. The van der Waals surface area contributed by atoms with E-state index in [1.54, 1.807) is 0 Å². The molecule has 2 aromatic carbocycles. The fourth-order valence-corrected chi connectivity index (χ4v) is 8.36. The predicted octanol–water partition coefficient (Wildman–Crippen LogP) is 4.74. The van der Waals surface area contributed by atoms with E-state index < -0.39 is 6.17 Å². The molecule has 4 saturated heterocycles. The fraction of sp³-hybridized carbons (Fsp3) is 0.548. The summed E-state index contributed by atoms with van der Waals surface area (Å²) in [4.78, 5) is 17.2. The maximum absolute atomic E-state index is 14.4. The van der Waals surface area contributed by atoms with E-state index in [4.69, 9.17) is 26.3 Å². The molecular weight excluding hydrogens is 527 g/mol. The molecule has 9 heteroatoms. The van der Waals surface area contributed by atoms with Crippen LogP contribution < -0.4 is 19.9 Å². The third-order valence-electron chi connectivity index (χ3n) is 9.94. The molecule has 4 fully saturated rings. The molecule has 2 unspecified atom stereocenters. The molecule has 0 spiro atoms. The van der Waals surface area contributed by atoms with Crippen molar-refractivity contribution in [2.45, 2.75) is 68.9 Å². The monoisotopic (exact) mass is 562 g/mol. The number of nitrogens with one attached hydrogen (secondary N) is 1. The second-order valence-corrected chi connectivity index (χ2v) is 12.9. The maximum Gasteiger partial charge on any atom is 0.318 e. The summed E-state index contributed by atoms with van der Waals surface area (Å²) in [6, 6.07) is 13.9. The topological polar surface area (TPSA) is 56.8 Å². The Bertz CT molecular complexity index is 1440. The summed E-state index contributed by atoms with van der Waals surface area (Å²) in [6.07, 6.45) is 5.14. The van der Waals surface area contributed by atoms with E-state index in [9.17, 15) is 4.39 Å². The molecular formula is C31H36ClFN6O. The molecule has 2 bridgehead atoms. The van der Waals surface area contributed by atoms with Crippen LogP contribution >= 0.6 is 11.6 Å². The van der Waals surface area contributed by atoms with Crippen LogP contribution in [0.15, 0.2) is 36.4 Å². The molecule has 1 aromatic heterocycles. The van der Waals surface area contributed by atoms with E-state index in [1.165, 1.54) is 18.4 Å². The molecule has 6 heterocycles. The van der Waals surface area contributed by atoms with Crippen LogP contribution in [0.4, 0.5) is 15.9 Å². The van der Waals surface area contributed by atoms with Crippen LogP contribution in [0, 0.1) is 0 Å². The van der Waals surface area contributed by atoms with E-state index >= 15 is 0 Å². The number of ether oxygens (including phenoxy) is 1. The highest BCUT2D eigenvalue weighted by atomic mass is 35.5. The number of halogens is 2. The van der Waals surface area contributed by atoms with E-state index in [0.29, 0.717) is 44.2 Å². The van der Waals surface area contributed by atoms with Crippen molar-refractivity contribution in [2.24, 2.45) is 0 Å². The number of benzene rings is 2. The minimum Gasteiger partial charge on any atom is -0.461 e. The van der Waals surface area contributed by atoms with Gasteiger partial charge in [-0.2, -0.15) is 9.97 Å². The Hall–Kier alpha value is -2.68. The zero-order valence-corrected chi connectivity index (χ0v) is 23.5. The van der Waals surface area contributed by atoms with Gasteiger partial charge >= 0.3 is 6.01 Å². The van der Waals surface area contributed by atoms with Crippen molar-refractivity contribution >= 4 is 33.9 Å². The van der Waals surface area contributed by atoms with Crippen molar-refractivity contribution in [3.8, 4) is 6.01 Å². The van der Waals surface area contributed by atoms with Crippen molar-refractivity contribution in [2.75, 3.05) is 49.1 Å². The number of hydrogen-bond donors (Lipinski definition) is 1. The van der Waals surface area contributed by atoms with Gasteiger partial charge in [-0.25, -0.2) is 4.39 Å². The van der Waals surface area contributed by atoms with Gasteiger partial charge in [0.25, 0.3) is 0 Å². The van der Waals surface area contributed by atoms with Gasteiger partial charge in [0.2, 0.25) is 0 Å². The normalized spacial score (nSPS) is 29.7. The van der Waals surface area contributed by atoms with Crippen molar-refractivity contribution in [1.82, 2.24) is 20.2 Å². The van der Waals surface area contributed by atoms with E-state index in [-0.39, 0.29) is 5.54 Å². The van der Waals surface area contributed by atoms with Crippen molar-refractivity contribution in [3.05, 3.63) is 52.7 Å². The van der Waals surface area contributed by atoms with Crippen LogP contribution in [0.25, 0.3) is 10.8 Å². The highest BCUT2D eigenvalue weighted by molar-refractivity contribution is 6.36. The quantitative estimate of drug-likeness (QED) is 0.482. The summed E-state index contributed by atoms with van der Waals surface area (Å²) in [6.45, 7) is 5.39. The first-order valence-corrected chi connectivity index (χ1v) is 15.3. The number of fused-ring (bicyclic) bond motifs is 5. The second kappa shape index (κ2) is 9.71. The number of hydrogen-bond acceptors (Lipinski definition) is 7. The average molecular weight is 563 g/mol. The Kier molecular flexibility index (Phi) is 6.08. The van der Waals surface area contributed by atoms with Gasteiger partial charge in [0, 0.05) is 61.3 Å². The number of nitrogens with zero attached hydrogens (tertiary/aromatic N) is 5. The first-order valence-electron chi connectivity index (χ1n) is 14.9. The highest BCUT2D eigenvalue weighted by Crippen LogP contribution is 2.41. The van der Waals surface area contributed by atoms with Gasteiger partial charge in [-0.1, -0.05) is 35.9 Å². The minimum absolute atomic E-state index is 0.223. The van der Waals surface area contributed by atoms with Gasteiger partial charge in [0.15, 0.2) is 0 Å². The SMILES string of the molecule is F[C@@H]1CN2CCC[C@]2(COc2nc3c(c(N4CC5CCC(C4)N5)n2)CCN(c2cccc4cccc(Cl)c24)C3)C1. The van der Waals surface area contributed by atoms with Gasteiger partial charge in [-0.3, -0.25) is 4.90 Å². The molecule has 1 N–H and O–H groups in total. The van der Waals surface area contributed by atoms with Crippen molar-refractivity contribution in [3.63, 3.8) is 0 Å². The lowest BCUT2D eigenvalue weighted by Crippen LogP contribution is -2.52. The van der Waals surface area contributed by atoms with E-state index in [0.717, 1.165) is 78.4 Å². The first-order chi connectivity index (χ1) is 19.5. The molecule has 0 aliphatic carbocycles. The predicted molar refractivity (Wildman–Crippen MR) is 156 cm³/mol. The minimum atomic E-state index is -0.777. The fourth-order valence-electron chi connectivity index (χ4n) is 8.08. The van der Waals surface area contributed by atoms with Crippen LogP contribution in [0.2, 0.25) is 5.02 Å².